The lowest BCUT2D eigenvalue weighted by atomic mass is 9.86. The molecule has 3 aliphatic heterocycles. The summed E-state index contributed by atoms with van der Waals surface area (Å²) in [4.78, 5) is 24.2. The van der Waals surface area contributed by atoms with Gasteiger partial charge in [0.25, 0.3) is 0 Å². The van der Waals surface area contributed by atoms with Crippen LogP contribution < -0.4 is 0 Å². The highest BCUT2D eigenvalue weighted by atomic mass is 16.2. The lowest BCUT2D eigenvalue weighted by Gasteiger charge is -2.46. The van der Waals surface area contributed by atoms with Gasteiger partial charge in [-0.05, 0) is 34.0 Å². The van der Waals surface area contributed by atoms with Gasteiger partial charge in [0.2, 0.25) is 0 Å². The third-order valence-corrected chi connectivity index (χ3v) is 6.02. The summed E-state index contributed by atoms with van der Waals surface area (Å²) < 4.78 is 0. The van der Waals surface area contributed by atoms with Crippen LogP contribution in [0.5, 0.6) is 0 Å². The highest BCUT2D eigenvalue weighted by molar-refractivity contribution is 5.79. The van der Waals surface area contributed by atoms with Gasteiger partial charge in [-0.15, -0.1) is 6.58 Å². The van der Waals surface area contributed by atoms with E-state index in [1.54, 1.807) is 0 Å². The molecule has 0 radical (unpaired) electrons. The number of likely N-dealkylation sites (tertiary alicyclic amines) is 1. The monoisotopic (exact) mass is 321 g/mol. The topological polar surface area (TPSA) is 33.3 Å². The van der Waals surface area contributed by atoms with Gasteiger partial charge in [-0.2, -0.15) is 0 Å². The van der Waals surface area contributed by atoms with Crippen molar-refractivity contribution in [1.29, 1.82) is 0 Å². The summed E-state index contributed by atoms with van der Waals surface area (Å²) >= 11 is 0. The number of carbonyl (C=O) groups is 1. The molecule has 0 aromatic rings. The Morgan fingerprint density at radius 1 is 1.22 bits per heavy atom. The van der Waals surface area contributed by atoms with Crippen molar-refractivity contribution in [2.75, 3.05) is 67.5 Å². The molecule has 6 heteroatoms. The van der Waals surface area contributed by atoms with Gasteiger partial charge >= 0.3 is 6.03 Å². The minimum Gasteiger partial charge on any atom is -0.324 e. The third kappa shape index (κ3) is 2.47. The predicted molar refractivity (Wildman–Crippen MR) is 92.4 cm³/mol. The predicted octanol–water partition coefficient (Wildman–Crippen LogP) is 0.578. The minimum absolute atomic E-state index is 0.00186. The molecule has 0 saturated carbocycles. The molecule has 130 valence electrons. The van der Waals surface area contributed by atoms with Gasteiger partial charge in [-0.3, -0.25) is 14.7 Å². The number of amides is 2. The molecule has 0 aromatic heterocycles. The van der Waals surface area contributed by atoms with E-state index in [9.17, 15) is 4.79 Å². The van der Waals surface area contributed by atoms with E-state index in [1.165, 1.54) is 0 Å². The fourth-order valence-electron chi connectivity index (χ4n) is 4.84. The molecule has 1 atom stereocenters. The van der Waals surface area contributed by atoms with Gasteiger partial charge in [-0.25, -0.2) is 4.79 Å². The average molecular weight is 321 g/mol. The Labute approximate surface area is 140 Å². The van der Waals surface area contributed by atoms with Crippen LogP contribution >= 0.6 is 0 Å². The first-order chi connectivity index (χ1) is 10.8. The Balaban J connectivity index is 1.93. The zero-order valence-electron chi connectivity index (χ0n) is 15.1. The molecule has 2 amide bonds. The smallest absolute Gasteiger partial charge is 0.321 e. The molecular formula is C17H31N5O. The third-order valence-electron chi connectivity index (χ3n) is 6.02. The summed E-state index contributed by atoms with van der Waals surface area (Å²) in [7, 11) is 8.42. The molecule has 3 aliphatic rings. The molecule has 1 spiro atoms. The van der Waals surface area contributed by atoms with E-state index in [0.717, 1.165) is 52.1 Å². The first-order valence-corrected chi connectivity index (χ1v) is 8.59. The Morgan fingerprint density at radius 3 is 2.48 bits per heavy atom. The van der Waals surface area contributed by atoms with Crippen LogP contribution in [-0.4, -0.2) is 109 Å². The number of piperidine rings is 1. The van der Waals surface area contributed by atoms with E-state index in [-0.39, 0.29) is 17.2 Å². The van der Waals surface area contributed by atoms with Gasteiger partial charge in [0.05, 0.1) is 12.1 Å². The quantitative estimate of drug-likeness (QED) is 0.709. The molecule has 3 saturated heterocycles. The van der Waals surface area contributed by atoms with Gasteiger partial charge in [0.1, 0.15) is 5.66 Å². The Morgan fingerprint density at radius 2 is 1.87 bits per heavy atom. The molecule has 1 unspecified atom stereocenters. The largest absolute Gasteiger partial charge is 0.324 e. The van der Waals surface area contributed by atoms with Crippen LogP contribution in [0.15, 0.2) is 12.7 Å². The lowest BCUT2D eigenvalue weighted by molar-refractivity contribution is 0.0181. The summed E-state index contributed by atoms with van der Waals surface area (Å²) in [5, 5.41) is 0. The maximum Gasteiger partial charge on any atom is 0.321 e. The number of carbonyl (C=O) groups excluding carboxylic acids is 1. The van der Waals surface area contributed by atoms with Crippen molar-refractivity contribution in [3.63, 3.8) is 0 Å². The van der Waals surface area contributed by atoms with Crippen molar-refractivity contribution >= 4 is 6.03 Å². The van der Waals surface area contributed by atoms with Gasteiger partial charge in [0, 0.05) is 39.8 Å². The Bertz CT molecular complexity index is 487. The molecule has 0 aromatic carbocycles. The summed E-state index contributed by atoms with van der Waals surface area (Å²) in [5.41, 5.74) is -0.211. The lowest BCUT2D eigenvalue weighted by Crippen LogP contribution is -2.62. The molecule has 3 rings (SSSR count). The molecule has 3 heterocycles. The summed E-state index contributed by atoms with van der Waals surface area (Å²) in [6, 6.07) is 0.200. The molecule has 0 bridgehead atoms. The second-order valence-electron chi connectivity index (χ2n) is 7.83. The van der Waals surface area contributed by atoms with Crippen LogP contribution in [0.2, 0.25) is 0 Å². The molecule has 0 aliphatic carbocycles. The van der Waals surface area contributed by atoms with Gasteiger partial charge in [0.15, 0.2) is 0 Å². The first-order valence-electron chi connectivity index (χ1n) is 8.59. The standard InChI is InChI=1S/C17H31N5O/c1-6-9-19(3)13-17-14-20(4)15(23)22(17)16(12-21(17)5)7-10-18(2)11-8-16/h6H,1,7-14H2,2-5H3. The Kier molecular flexibility index (Phi) is 4.19. The van der Waals surface area contributed by atoms with Crippen LogP contribution in [0.1, 0.15) is 12.8 Å². The normalized spacial score (nSPS) is 31.4. The van der Waals surface area contributed by atoms with Gasteiger partial charge in [-0.1, -0.05) is 6.08 Å². The Hall–Kier alpha value is -1.11. The van der Waals surface area contributed by atoms with Crippen molar-refractivity contribution in [1.82, 2.24) is 24.5 Å². The summed E-state index contributed by atoms with van der Waals surface area (Å²) in [6.07, 6.45) is 4.07. The van der Waals surface area contributed by atoms with Crippen LogP contribution in [0.3, 0.4) is 0 Å². The highest BCUT2D eigenvalue weighted by Gasteiger charge is 2.65. The highest BCUT2D eigenvalue weighted by Crippen LogP contribution is 2.47. The number of rotatable bonds is 4. The molecule has 6 nitrogen and oxygen atoms in total. The first kappa shape index (κ1) is 16.7. The van der Waals surface area contributed by atoms with Crippen molar-refractivity contribution < 1.29 is 4.79 Å². The fraction of sp³-hybridized carbons (Fsp3) is 0.824. The summed E-state index contributed by atoms with van der Waals surface area (Å²) in [5.74, 6) is 0. The fourth-order valence-corrected chi connectivity index (χ4v) is 4.84. The number of urea groups is 1. The molecule has 0 N–H and O–H groups in total. The van der Waals surface area contributed by atoms with Crippen LogP contribution in [0.4, 0.5) is 4.79 Å². The van der Waals surface area contributed by atoms with Crippen LogP contribution in [0.25, 0.3) is 0 Å². The van der Waals surface area contributed by atoms with E-state index in [2.05, 4.69) is 47.3 Å². The second-order valence-corrected chi connectivity index (χ2v) is 7.83. The number of hydrogen-bond acceptors (Lipinski definition) is 4. The van der Waals surface area contributed by atoms with E-state index >= 15 is 0 Å². The van der Waals surface area contributed by atoms with Crippen molar-refractivity contribution in [3.05, 3.63) is 12.7 Å². The van der Waals surface area contributed by atoms with E-state index in [4.69, 9.17) is 0 Å². The summed E-state index contributed by atoms with van der Waals surface area (Å²) in [6.45, 7) is 9.46. The molecule has 23 heavy (non-hydrogen) atoms. The van der Waals surface area contributed by atoms with Crippen molar-refractivity contribution in [2.45, 2.75) is 24.0 Å². The maximum atomic E-state index is 13.0. The van der Waals surface area contributed by atoms with E-state index < -0.39 is 0 Å². The number of fused-ring (bicyclic) bond motifs is 2. The molecule has 3 fully saturated rings. The van der Waals surface area contributed by atoms with E-state index in [1.807, 2.05) is 18.0 Å². The number of hydrogen-bond donors (Lipinski definition) is 0. The maximum absolute atomic E-state index is 13.0. The van der Waals surface area contributed by atoms with E-state index in [0.29, 0.717) is 0 Å². The SMILES string of the molecule is C=CCN(C)CC12CN(C)C(=O)N1C1(CCN(C)CC1)CN2C. The zero-order chi connectivity index (χ0) is 16.8. The molecular weight excluding hydrogens is 290 g/mol. The van der Waals surface area contributed by atoms with Crippen LogP contribution in [-0.2, 0) is 0 Å². The van der Waals surface area contributed by atoms with Crippen LogP contribution in [0, 0.1) is 0 Å². The van der Waals surface area contributed by atoms with Crippen molar-refractivity contribution in [3.8, 4) is 0 Å². The number of likely N-dealkylation sites (N-methyl/N-ethyl adjacent to an activating group) is 3. The zero-order valence-corrected chi connectivity index (χ0v) is 15.1. The average Bonchev–Trinajstić information content (AvgIpc) is 2.86. The van der Waals surface area contributed by atoms with Gasteiger partial charge < -0.3 is 9.80 Å². The second kappa shape index (κ2) is 5.76. The number of nitrogens with zero attached hydrogens (tertiary/aromatic N) is 5. The minimum atomic E-state index is -0.209. The van der Waals surface area contributed by atoms with Crippen molar-refractivity contribution in [2.24, 2.45) is 0 Å².